The second kappa shape index (κ2) is 10.2. The van der Waals surface area contributed by atoms with Crippen molar-refractivity contribution in [2.24, 2.45) is 11.8 Å². The first-order chi connectivity index (χ1) is 18.4. The monoisotopic (exact) mass is 558 g/mol. The maximum atomic E-state index is 14.8. The third kappa shape index (κ3) is 4.63. The Labute approximate surface area is 228 Å². The fraction of sp³-hybridized carbons (Fsp3) is 0.370. The highest BCUT2D eigenvalue weighted by atomic mass is 35.5. The number of hydrogen-bond acceptors (Lipinski definition) is 7. The van der Waals surface area contributed by atoms with Crippen molar-refractivity contribution in [2.45, 2.75) is 25.0 Å². The van der Waals surface area contributed by atoms with Crippen LogP contribution >= 0.6 is 23.2 Å². The lowest BCUT2D eigenvalue weighted by Gasteiger charge is -2.52. The summed E-state index contributed by atoms with van der Waals surface area (Å²) in [4.78, 5) is 22.7. The van der Waals surface area contributed by atoms with Crippen LogP contribution in [0.2, 0.25) is 10.0 Å². The Morgan fingerprint density at radius 1 is 1.18 bits per heavy atom. The summed E-state index contributed by atoms with van der Waals surface area (Å²) in [5.41, 5.74) is 0.728. The Morgan fingerprint density at radius 3 is 2.71 bits per heavy atom. The first-order valence-electron chi connectivity index (χ1n) is 12.4. The first kappa shape index (κ1) is 25.2. The summed E-state index contributed by atoms with van der Waals surface area (Å²) in [6, 6.07) is 6.64. The van der Waals surface area contributed by atoms with Gasteiger partial charge in [0.1, 0.15) is 24.4 Å². The van der Waals surface area contributed by atoms with E-state index < -0.39 is 5.82 Å². The van der Waals surface area contributed by atoms with Crippen LogP contribution in [-0.2, 0) is 9.53 Å². The van der Waals surface area contributed by atoms with E-state index in [0.717, 1.165) is 12.8 Å². The molecule has 4 fully saturated rings. The smallest absolute Gasteiger partial charge is 0.245 e. The average Bonchev–Trinajstić information content (AvgIpc) is 3.45. The van der Waals surface area contributed by atoms with Crippen molar-refractivity contribution in [3.63, 3.8) is 0 Å². The molecule has 3 unspecified atom stereocenters. The van der Waals surface area contributed by atoms with E-state index in [9.17, 15) is 9.18 Å². The van der Waals surface area contributed by atoms with Gasteiger partial charge >= 0.3 is 0 Å². The molecular weight excluding hydrogens is 534 g/mol. The average molecular weight is 559 g/mol. The fourth-order valence-electron chi connectivity index (χ4n) is 5.38. The number of piperidine rings is 2. The third-order valence-corrected chi connectivity index (χ3v) is 8.15. The molecule has 11 heteroatoms. The normalized spacial score (nSPS) is 24.1. The predicted octanol–water partition coefficient (Wildman–Crippen LogP) is 5.40. The number of carbonyl (C=O) groups is 1. The van der Waals surface area contributed by atoms with E-state index in [4.69, 9.17) is 37.4 Å². The summed E-state index contributed by atoms with van der Waals surface area (Å²) >= 11 is 11.9. The highest BCUT2D eigenvalue weighted by molar-refractivity contribution is 6.42. The van der Waals surface area contributed by atoms with E-state index in [1.807, 2.05) is 17.0 Å². The predicted molar refractivity (Wildman–Crippen MR) is 142 cm³/mol. The van der Waals surface area contributed by atoms with Crippen molar-refractivity contribution in [2.75, 3.05) is 31.6 Å². The molecule has 38 heavy (non-hydrogen) atoms. The molecule has 3 saturated heterocycles. The fourth-order valence-corrected chi connectivity index (χ4v) is 5.69. The summed E-state index contributed by atoms with van der Waals surface area (Å²) in [5.74, 6) is 1.17. The standard InChI is InChI=1S/C27H25Cl2FN4O4/c1-2-23(35)34-10-14-7-15(11-34)26(14)38-21-8-17-20(9-22(21)37-16-5-6-36-12-16)31-13-32-27(17)33-19-4-3-18(28)24(29)25(19)30/h2-4,8-9,13-16,26H,1,5-7,10-12H2,(H,31,32,33). The van der Waals surface area contributed by atoms with Gasteiger partial charge in [-0.05, 0) is 30.7 Å². The second-order valence-corrected chi connectivity index (χ2v) is 10.6. The van der Waals surface area contributed by atoms with Gasteiger partial charge in [-0.2, -0.15) is 0 Å². The largest absolute Gasteiger partial charge is 0.486 e. The number of ether oxygens (including phenoxy) is 3. The zero-order chi connectivity index (χ0) is 26.4. The lowest BCUT2D eigenvalue weighted by Crippen LogP contribution is -2.61. The molecule has 3 atom stereocenters. The molecule has 3 aliphatic heterocycles. The molecular formula is C27H25Cl2FN4O4. The van der Waals surface area contributed by atoms with Crippen molar-refractivity contribution in [1.29, 1.82) is 0 Å². The van der Waals surface area contributed by atoms with Crippen LogP contribution in [0.1, 0.15) is 12.8 Å². The molecule has 1 saturated carbocycles. The Balaban J connectivity index is 1.34. The molecule has 1 N–H and O–H groups in total. The summed E-state index contributed by atoms with van der Waals surface area (Å²) in [6.45, 7) is 5.98. The lowest BCUT2D eigenvalue weighted by molar-refractivity contribution is -0.142. The minimum Gasteiger partial charge on any atom is -0.486 e. The summed E-state index contributed by atoms with van der Waals surface area (Å²) in [5, 5.41) is 3.58. The lowest BCUT2D eigenvalue weighted by atomic mass is 9.68. The Hall–Kier alpha value is -3.14. The Kier molecular flexibility index (Phi) is 6.75. The van der Waals surface area contributed by atoms with Gasteiger partial charge in [0.05, 0.1) is 34.5 Å². The van der Waals surface area contributed by atoms with Gasteiger partial charge in [0.15, 0.2) is 17.3 Å². The van der Waals surface area contributed by atoms with Crippen molar-refractivity contribution in [3.05, 3.63) is 59.1 Å². The van der Waals surface area contributed by atoms with E-state index >= 15 is 0 Å². The minimum atomic E-state index is -0.676. The molecule has 7 rings (SSSR count). The summed E-state index contributed by atoms with van der Waals surface area (Å²) < 4.78 is 33.1. The van der Waals surface area contributed by atoms with Gasteiger partial charge in [0, 0.05) is 42.8 Å². The number of rotatable bonds is 7. The van der Waals surface area contributed by atoms with Crippen LogP contribution in [-0.4, -0.2) is 59.3 Å². The van der Waals surface area contributed by atoms with Gasteiger partial charge in [-0.25, -0.2) is 14.4 Å². The maximum Gasteiger partial charge on any atom is 0.245 e. The van der Waals surface area contributed by atoms with Crippen LogP contribution in [0.5, 0.6) is 11.5 Å². The summed E-state index contributed by atoms with van der Waals surface area (Å²) in [6.07, 6.45) is 4.37. The number of anilines is 2. The molecule has 198 valence electrons. The zero-order valence-electron chi connectivity index (χ0n) is 20.3. The molecule has 1 amide bonds. The molecule has 3 aromatic rings. The topological polar surface area (TPSA) is 85.8 Å². The number of aromatic nitrogens is 2. The number of nitrogens with zero attached hydrogens (tertiary/aromatic N) is 3. The van der Waals surface area contributed by atoms with Gasteiger partial charge in [-0.15, -0.1) is 0 Å². The molecule has 0 spiro atoms. The minimum absolute atomic E-state index is 0.0583. The second-order valence-electron chi connectivity index (χ2n) is 9.78. The number of benzene rings is 2. The molecule has 4 heterocycles. The molecule has 1 aromatic heterocycles. The van der Waals surface area contributed by atoms with Crippen LogP contribution in [0.3, 0.4) is 0 Å². The molecule has 2 aromatic carbocycles. The van der Waals surface area contributed by atoms with Crippen molar-refractivity contribution < 1.29 is 23.4 Å². The number of hydrogen-bond donors (Lipinski definition) is 1. The number of carbonyl (C=O) groups excluding carboxylic acids is 1. The van der Waals surface area contributed by atoms with E-state index in [0.29, 0.717) is 54.5 Å². The number of fused-ring (bicyclic) bond motifs is 3. The molecule has 2 bridgehead atoms. The van der Waals surface area contributed by atoms with Gasteiger partial charge < -0.3 is 24.4 Å². The number of halogens is 3. The van der Waals surface area contributed by atoms with Crippen LogP contribution in [0, 0.1) is 17.7 Å². The van der Waals surface area contributed by atoms with Crippen LogP contribution in [0.4, 0.5) is 15.9 Å². The zero-order valence-corrected chi connectivity index (χ0v) is 21.8. The van der Waals surface area contributed by atoms with E-state index in [2.05, 4.69) is 21.9 Å². The van der Waals surface area contributed by atoms with E-state index in [1.54, 1.807) is 0 Å². The first-order valence-corrected chi connectivity index (χ1v) is 13.2. The maximum absolute atomic E-state index is 14.8. The quantitative estimate of drug-likeness (QED) is 0.307. The van der Waals surface area contributed by atoms with Crippen LogP contribution < -0.4 is 14.8 Å². The highest BCUT2D eigenvalue weighted by Crippen LogP contribution is 2.45. The van der Waals surface area contributed by atoms with Gasteiger partial charge in [0.25, 0.3) is 0 Å². The third-order valence-electron chi connectivity index (χ3n) is 7.36. The van der Waals surface area contributed by atoms with Crippen molar-refractivity contribution >= 4 is 51.5 Å². The van der Waals surface area contributed by atoms with E-state index in [1.165, 1.54) is 24.5 Å². The number of amides is 1. The Morgan fingerprint density at radius 2 is 1.97 bits per heavy atom. The molecule has 1 aliphatic carbocycles. The Bertz CT molecular complexity index is 1410. The van der Waals surface area contributed by atoms with Crippen molar-refractivity contribution in [3.8, 4) is 11.5 Å². The van der Waals surface area contributed by atoms with Crippen LogP contribution in [0.15, 0.2) is 43.2 Å². The number of nitrogens with one attached hydrogen (secondary N) is 1. The van der Waals surface area contributed by atoms with Gasteiger partial charge in [-0.1, -0.05) is 29.8 Å². The van der Waals surface area contributed by atoms with Gasteiger partial charge in [0.2, 0.25) is 5.91 Å². The van der Waals surface area contributed by atoms with Gasteiger partial charge in [-0.3, -0.25) is 4.79 Å². The SMILES string of the molecule is C=CC(=O)N1CC2CC(C1)C2Oc1cc2c(Nc3ccc(Cl)c(Cl)c3F)ncnc2cc1OC1CCOC1. The van der Waals surface area contributed by atoms with Crippen molar-refractivity contribution in [1.82, 2.24) is 14.9 Å². The summed E-state index contributed by atoms with van der Waals surface area (Å²) in [7, 11) is 0. The molecule has 0 radical (unpaired) electrons. The highest BCUT2D eigenvalue weighted by Gasteiger charge is 2.49. The van der Waals surface area contributed by atoms with E-state index in [-0.39, 0.29) is 45.7 Å². The molecule has 8 nitrogen and oxygen atoms in total. The molecule has 4 aliphatic rings. The van der Waals surface area contributed by atoms with Crippen LogP contribution in [0.25, 0.3) is 10.9 Å².